The summed E-state index contributed by atoms with van der Waals surface area (Å²) >= 11 is 0. The lowest BCUT2D eigenvalue weighted by Crippen LogP contribution is -2.37. The van der Waals surface area contributed by atoms with Gasteiger partial charge >= 0.3 is 0 Å². The molecule has 25 heavy (non-hydrogen) atoms. The van der Waals surface area contributed by atoms with Gasteiger partial charge in [0.05, 0.1) is 6.61 Å². The lowest BCUT2D eigenvalue weighted by atomic mass is 9.97. The third-order valence-electron chi connectivity index (χ3n) is 4.73. The number of nitrogens with one attached hydrogen (secondary N) is 1. The van der Waals surface area contributed by atoms with E-state index < -0.39 is 0 Å². The van der Waals surface area contributed by atoms with Crippen molar-refractivity contribution in [1.82, 2.24) is 19.9 Å². The summed E-state index contributed by atoms with van der Waals surface area (Å²) in [6.07, 6.45) is 4.96. The van der Waals surface area contributed by atoms with Gasteiger partial charge in [-0.15, -0.1) is 0 Å². The molecule has 134 valence electrons. The maximum atomic E-state index is 9.03. The Hall–Kier alpha value is -2.05. The molecule has 2 aromatic heterocycles. The molecule has 3 rings (SSSR count). The van der Waals surface area contributed by atoms with Crippen LogP contribution in [0.15, 0.2) is 30.5 Å². The van der Waals surface area contributed by atoms with E-state index in [1.165, 1.54) is 0 Å². The maximum absolute atomic E-state index is 9.03. The molecule has 6 nitrogen and oxygen atoms in total. The van der Waals surface area contributed by atoms with Crippen molar-refractivity contribution >= 4 is 5.82 Å². The Morgan fingerprint density at radius 2 is 2.08 bits per heavy atom. The first-order valence-electron chi connectivity index (χ1n) is 9.15. The van der Waals surface area contributed by atoms with Gasteiger partial charge in [0.15, 0.2) is 5.82 Å². The molecule has 0 bridgehead atoms. The Labute approximate surface area is 149 Å². The van der Waals surface area contributed by atoms with Crippen LogP contribution >= 0.6 is 0 Å². The summed E-state index contributed by atoms with van der Waals surface area (Å²) in [5, 5.41) is 12.5. The van der Waals surface area contributed by atoms with E-state index in [4.69, 9.17) is 5.11 Å². The number of aromatic nitrogens is 3. The summed E-state index contributed by atoms with van der Waals surface area (Å²) < 4.78 is 0. The van der Waals surface area contributed by atoms with Crippen LogP contribution in [0.4, 0.5) is 5.82 Å². The predicted molar refractivity (Wildman–Crippen MR) is 99.4 cm³/mol. The molecule has 1 aliphatic rings. The van der Waals surface area contributed by atoms with E-state index in [1.807, 2.05) is 24.3 Å². The molecule has 0 amide bonds. The number of rotatable bonds is 7. The van der Waals surface area contributed by atoms with Gasteiger partial charge in [0, 0.05) is 31.0 Å². The zero-order chi connectivity index (χ0) is 17.5. The molecular formula is C19H27N5O. The van der Waals surface area contributed by atoms with Crippen molar-refractivity contribution in [1.29, 1.82) is 0 Å². The molecule has 0 atom stereocenters. The number of piperidine rings is 1. The van der Waals surface area contributed by atoms with Gasteiger partial charge in [-0.05, 0) is 50.4 Å². The van der Waals surface area contributed by atoms with Crippen LogP contribution in [0.25, 0.3) is 11.5 Å². The van der Waals surface area contributed by atoms with E-state index in [9.17, 15) is 0 Å². The highest BCUT2D eigenvalue weighted by molar-refractivity contribution is 5.52. The van der Waals surface area contributed by atoms with Gasteiger partial charge in [-0.25, -0.2) is 9.97 Å². The van der Waals surface area contributed by atoms with Crippen LogP contribution in [0.2, 0.25) is 0 Å². The molecule has 0 spiro atoms. The van der Waals surface area contributed by atoms with Gasteiger partial charge in [0.2, 0.25) is 0 Å². The number of aryl methyl sites for hydroxylation is 1. The van der Waals surface area contributed by atoms with Gasteiger partial charge in [-0.3, -0.25) is 4.98 Å². The Bertz CT molecular complexity index is 656. The summed E-state index contributed by atoms with van der Waals surface area (Å²) in [5.74, 6) is 2.21. The standard InChI is InChI=1S/C19H27N5O/c1-2-16-13-18(23-19(22-16)17-5-3-4-8-20-17)21-14-15-6-9-24(10-7-15)11-12-25/h3-5,8,13,15,25H,2,6-7,9-12,14H2,1H3,(H,21,22,23). The van der Waals surface area contributed by atoms with E-state index in [2.05, 4.69) is 32.1 Å². The monoisotopic (exact) mass is 341 g/mol. The molecule has 0 aliphatic carbocycles. The van der Waals surface area contributed by atoms with Crippen molar-refractivity contribution in [3.05, 3.63) is 36.2 Å². The minimum Gasteiger partial charge on any atom is -0.395 e. The van der Waals surface area contributed by atoms with Gasteiger partial charge in [0.25, 0.3) is 0 Å². The minimum absolute atomic E-state index is 0.250. The fraction of sp³-hybridized carbons (Fsp3) is 0.526. The van der Waals surface area contributed by atoms with Crippen LogP contribution in [0.3, 0.4) is 0 Å². The molecule has 0 radical (unpaired) electrons. The molecule has 3 heterocycles. The summed E-state index contributed by atoms with van der Waals surface area (Å²) in [7, 11) is 0. The second-order valence-corrected chi connectivity index (χ2v) is 6.53. The summed E-state index contributed by atoms with van der Waals surface area (Å²) in [6, 6.07) is 7.83. The molecule has 6 heteroatoms. The van der Waals surface area contributed by atoms with Crippen molar-refractivity contribution in [2.45, 2.75) is 26.2 Å². The zero-order valence-electron chi connectivity index (χ0n) is 14.9. The van der Waals surface area contributed by atoms with E-state index in [1.54, 1.807) is 6.20 Å². The average Bonchev–Trinajstić information content (AvgIpc) is 2.68. The maximum Gasteiger partial charge on any atom is 0.180 e. The summed E-state index contributed by atoms with van der Waals surface area (Å²) in [5.41, 5.74) is 1.83. The van der Waals surface area contributed by atoms with Crippen molar-refractivity contribution in [3.8, 4) is 11.5 Å². The number of anilines is 1. The van der Waals surface area contributed by atoms with Gasteiger partial charge in [0.1, 0.15) is 11.5 Å². The predicted octanol–water partition coefficient (Wildman–Crippen LogP) is 2.22. The Morgan fingerprint density at radius 3 is 2.76 bits per heavy atom. The third-order valence-corrected chi connectivity index (χ3v) is 4.73. The number of nitrogens with zero attached hydrogens (tertiary/aromatic N) is 4. The van der Waals surface area contributed by atoms with E-state index >= 15 is 0 Å². The first-order chi connectivity index (χ1) is 12.3. The zero-order valence-corrected chi connectivity index (χ0v) is 14.9. The van der Waals surface area contributed by atoms with Crippen molar-refractivity contribution < 1.29 is 5.11 Å². The summed E-state index contributed by atoms with van der Waals surface area (Å²) in [4.78, 5) is 15.9. The Balaban J connectivity index is 1.63. The quantitative estimate of drug-likeness (QED) is 0.804. The lowest BCUT2D eigenvalue weighted by Gasteiger charge is -2.31. The largest absolute Gasteiger partial charge is 0.395 e. The summed E-state index contributed by atoms with van der Waals surface area (Å²) in [6.45, 7) is 6.20. The fourth-order valence-electron chi connectivity index (χ4n) is 3.18. The van der Waals surface area contributed by atoms with Crippen LogP contribution in [-0.2, 0) is 6.42 Å². The lowest BCUT2D eigenvalue weighted by molar-refractivity contribution is 0.151. The Kier molecular flexibility index (Phi) is 6.30. The number of hydrogen-bond donors (Lipinski definition) is 2. The van der Waals surface area contributed by atoms with Crippen LogP contribution < -0.4 is 5.32 Å². The topological polar surface area (TPSA) is 74.2 Å². The number of hydrogen-bond acceptors (Lipinski definition) is 6. The Morgan fingerprint density at radius 1 is 1.24 bits per heavy atom. The molecule has 2 aromatic rings. The number of aliphatic hydroxyl groups is 1. The molecule has 2 N–H and O–H groups in total. The average molecular weight is 341 g/mol. The fourth-order valence-corrected chi connectivity index (χ4v) is 3.18. The van der Waals surface area contributed by atoms with Crippen LogP contribution in [0.1, 0.15) is 25.5 Å². The van der Waals surface area contributed by atoms with Crippen LogP contribution in [-0.4, -0.2) is 57.7 Å². The van der Waals surface area contributed by atoms with Crippen molar-refractivity contribution in [2.75, 3.05) is 38.1 Å². The molecule has 0 unspecified atom stereocenters. The highest BCUT2D eigenvalue weighted by atomic mass is 16.3. The number of likely N-dealkylation sites (tertiary alicyclic amines) is 1. The van der Waals surface area contributed by atoms with Gasteiger partial charge in [-0.2, -0.15) is 0 Å². The SMILES string of the molecule is CCc1cc(NCC2CCN(CCO)CC2)nc(-c2ccccn2)n1. The van der Waals surface area contributed by atoms with Crippen molar-refractivity contribution in [3.63, 3.8) is 0 Å². The highest BCUT2D eigenvalue weighted by Gasteiger charge is 2.18. The molecule has 1 saturated heterocycles. The molecule has 0 saturated carbocycles. The smallest absolute Gasteiger partial charge is 0.180 e. The number of β-amino-alcohol motifs (C(OH)–C–C–N with tert-alkyl or cyclic N) is 1. The number of aliphatic hydroxyl groups excluding tert-OH is 1. The van der Waals surface area contributed by atoms with Crippen LogP contribution in [0, 0.1) is 5.92 Å². The molecule has 1 fully saturated rings. The van der Waals surface area contributed by atoms with Crippen LogP contribution in [0.5, 0.6) is 0 Å². The first kappa shape index (κ1) is 17.8. The number of pyridine rings is 1. The minimum atomic E-state index is 0.250. The van der Waals surface area contributed by atoms with E-state index in [-0.39, 0.29) is 6.61 Å². The highest BCUT2D eigenvalue weighted by Crippen LogP contribution is 2.20. The van der Waals surface area contributed by atoms with E-state index in [0.29, 0.717) is 11.7 Å². The molecular weight excluding hydrogens is 314 g/mol. The molecule has 1 aliphatic heterocycles. The molecule has 0 aromatic carbocycles. The second-order valence-electron chi connectivity index (χ2n) is 6.53. The normalized spacial score (nSPS) is 16.1. The van der Waals surface area contributed by atoms with Gasteiger partial charge in [-0.1, -0.05) is 13.0 Å². The van der Waals surface area contributed by atoms with Gasteiger partial charge < -0.3 is 15.3 Å². The van der Waals surface area contributed by atoms with Crippen molar-refractivity contribution in [2.24, 2.45) is 5.92 Å². The van der Waals surface area contributed by atoms with E-state index in [0.717, 1.165) is 62.6 Å². The second kappa shape index (κ2) is 8.87. The first-order valence-corrected chi connectivity index (χ1v) is 9.15. The third kappa shape index (κ3) is 4.96.